The van der Waals surface area contributed by atoms with E-state index in [0.717, 1.165) is 22.0 Å². The van der Waals surface area contributed by atoms with Gasteiger partial charge in [0.1, 0.15) is 0 Å². The van der Waals surface area contributed by atoms with Crippen LogP contribution in [0.5, 0.6) is 0 Å². The Hall–Kier alpha value is -3.79. The molecule has 2 heterocycles. The quantitative estimate of drug-likeness (QED) is 0.492. The van der Waals surface area contributed by atoms with Crippen LogP contribution < -0.4 is 4.90 Å². The van der Waals surface area contributed by atoms with Gasteiger partial charge in [-0.2, -0.15) is 0 Å². The van der Waals surface area contributed by atoms with Gasteiger partial charge in [0.05, 0.1) is 22.3 Å². The third kappa shape index (κ3) is 2.42. The van der Waals surface area contributed by atoms with Gasteiger partial charge in [-0.05, 0) is 42.0 Å². The minimum absolute atomic E-state index is 0.282. The van der Waals surface area contributed by atoms with Crippen LogP contribution >= 0.6 is 0 Å². The number of imide groups is 1. The number of fused-ring (bicyclic) bond motifs is 2. The van der Waals surface area contributed by atoms with Crippen LogP contribution in [0.25, 0.3) is 22.0 Å². The third-order valence-electron chi connectivity index (χ3n) is 4.84. The molecule has 128 valence electrons. The number of hydrogen-bond acceptors (Lipinski definition) is 3. The summed E-state index contributed by atoms with van der Waals surface area (Å²) in [5.74, 6) is -0.563. The molecule has 27 heavy (non-hydrogen) atoms. The Morgan fingerprint density at radius 1 is 0.667 bits per heavy atom. The van der Waals surface area contributed by atoms with Crippen LogP contribution in [0.4, 0.5) is 5.69 Å². The summed E-state index contributed by atoms with van der Waals surface area (Å²) in [7, 11) is 0. The summed E-state index contributed by atoms with van der Waals surface area (Å²) in [5.41, 5.74) is 4.38. The smallest absolute Gasteiger partial charge is 0.266 e. The zero-order valence-electron chi connectivity index (χ0n) is 14.3. The second-order valence-corrected chi connectivity index (χ2v) is 6.45. The second-order valence-electron chi connectivity index (χ2n) is 6.45. The highest BCUT2D eigenvalue weighted by atomic mass is 16.2. The highest BCUT2D eigenvalue weighted by Gasteiger charge is 2.36. The van der Waals surface area contributed by atoms with Crippen LogP contribution in [0.1, 0.15) is 20.7 Å². The van der Waals surface area contributed by atoms with Crippen molar-refractivity contribution in [2.75, 3.05) is 4.90 Å². The van der Waals surface area contributed by atoms with Gasteiger partial charge in [0, 0.05) is 17.1 Å². The zero-order chi connectivity index (χ0) is 18.4. The lowest BCUT2D eigenvalue weighted by Gasteiger charge is -2.14. The van der Waals surface area contributed by atoms with Crippen LogP contribution in [-0.2, 0) is 0 Å². The molecule has 0 fully saturated rings. The van der Waals surface area contributed by atoms with Gasteiger partial charge in [-0.3, -0.25) is 14.6 Å². The average Bonchev–Trinajstić information content (AvgIpc) is 2.98. The fraction of sp³-hybridized carbons (Fsp3) is 0. The summed E-state index contributed by atoms with van der Waals surface area (Å²) in [5, 5.41) is 1.07. The molecule has 0 atom stereocenters. The molecule has 4 aromatic rings. The van der Waals surface area contributed by atoms with E-state index in [1.54, 1.807) is 36.4 Å². The molecule has 1 aliphatic rings. The molecule has 0 saturated heterocycles. The van der Waals surface area contributed by atoms with E-state index in [0.29, 0.717) is 16.8 Å². The minimum atomic E-state index is -0.282. The maximum absolute atomic E-state index is 12.6. The number of carbonyl (C=O) groups excluding carboxylic acids is 2. The molecule has 0 spiro atoms. The van der Waals surface area contributed by atoms with Gasteiger partial charge >= 0.3 is 0 Å². The molecule has 4 nitrogen and oxygen atoms in total. The third-order valence-corrected chi connectivity index (χ3v) is 4.84. The summed E-state index contributed by atoms with van der Waals surface area (Å²) < 4.78 is 0. The van der Waals surface area contributed by atoms with Crippen LogP contribution in [0.15, 0.2) is 85.1 Å². The first-order valence-corrected chi connectivity index (χ1v) is 8.65. The van der Waals surface area contributed by atoms with Crippen molar-refractivity contribution >= 4 is 28.4 Å². The fourth-order valence-corrected chi connectivity index (χ4v) is 3.46. The van der Waals surface area contributed by atoms with Crippen LogP contribution in [0, 0.1) is 0 Å². The Morgan fingerprint density at radius 3 is 2.00 bits per heavy atom. The van der Waals surface area contributed by atoms with Crippen molar-refractivity contribution in [1.29, 1.82) is 0 Å². The van der Waals surface area contributed by atoms with Crippen LogP contribution in [-0.4, -0.2) is 16.8 Å². The van der Waals surface area contributed by atoms with E-state index >= 15 is 0 Å². The van der Waals surface area contributed by atoms with Crippen molar-refractivity contribution in [3.63, 3.8) is 0 Å². The Labute approximate surface area is 155 Å². The molecule has 1 aromatic heterocycles. The van der Waals surface area contributed by atoms with Gasteiger partial charge in [-0.25, -0.2) is 4.90 Å². The molecule has 0 bridgehead atoms. The predicted molar refractivity (Wildman–Crippen MR) is 105 cm³/mol. The first-order valence-electron chi connectivity index (χ1n) is 8.65. The Balaban J connectivity index is 1.50. The van der Waals surface area contributed by atoms with E-state index in [2.05, 4.69) is 11.1 Å². The Bertz CT molecular complexity index is 1180. The van der Waals surface area contributed by atoms with Gasteiger partial charge < -0.3 is 0 Å². The van der Waals surface area contributed by atoms with E-state index in [4.69, 9.17) is 0 Å². The molecule has 3 aromatic carbocycles. The number of para-hydroxylation sites is 1. The minimum Gasteiger partial charge on any atom is -0.268 e. The van der Waals surface area contributed by atoms with Gasteiger partial charge in [-0.15, -0.1) is 0 Å². The summed E-state index contributed by atoms with van der Waals surface area (Å²) in [4.78, 5) is 30.9. The molecule has 4 heteroatoms. The molecular formula is C23H14N2O2. The van der Waals surface area contributed by atoms with Crippen LogP contribution in [0.3, 0.4) is 0 Å². The van der Waals surface area contributed by atoms with Gasteiger partial charge in [0.25, 0.3) is 11.8 Å². The topological polar surface area (TPSA) is 50.3 Å². The number of amides is 2. The van der Waals surface area contributed by atoms with E-state index in [1.165, 1.54) is 4.90 Å². The van der Waals surface area contributed by atoms with Crippen molar-refractivity contribution in [2.45, 2.75) is 0 Å². The van der Waals surface area contributed by atoms with Crippen molar-refractivity contribution < 1.29 is 9.59 Å². The predicted octanol–water partition coefficient (Wildman–Crippen LogP) is 4.70. The standard InChI is InChI=1S/C23H14N2O2/c26-22-19-6-2-3-7-20(19)23(27)25(22)18-11-9-15(10-12-18)17-13-16-5-1-4-8-21(16)24-14-17/h1-14H. The van der Waals surface area contributed by atoms with Crippen molar-refractivity contribution in [3.8, 4) is 11.1 Å². The SMILES string of the molecule is O=C1c2ccccc2C(=O)N1c1ccc(-c2cnc3ccccc3c2)cc1. The molecule has 1 aliphatic heterocycles. The Morgan fingerprint density at radius 2 is 1.30 bits per heavy atom. The Kier molecular flexibility index (Phi) is 3.37. The van der Waals surface area contributed by atoms with Crippen molar-refractivity contribution in [3.05, 3.63) is 96.2 Å². The fourth-order valence-electron chi connectivity index (χ4n) is 3.46. The molecule has 0 unspecified atom stereocenters. The summed E-state index contributed by atoms with van der Waals surface area (Å²) in [6, 6.07) is 24.4. The number of rotatable bonds is 2. The van der Waals surface area contributed by atoms with Gasteiger partial charge in [0.15, 0.2) is 0 Å². The summed E-state index contributed by atoms with van der Waals surface area (Å²) in [6.07, 6.45) is 1.83. The maximum atomic E-state index is 12.6. The van der Waals surface area contributed by atoms with E-state index in [1.807, 2.05) is 42.6 Å². The van der Waals surface area contributed by atoms with E-state index in [9.17, 15) is 9.59 Å². The lowest BCUT2D eigenvalue weighted by molar-refractivity contribution is 0.0926. The normalized spacial score (nSPS) is 13.3. The first-order chi connectivity index (χ1) is 13.2. The summed E-state index contributed by atoms with van der Waals surface area (Å²) in [6.45, 7) is 0. The molecule has 0 N–H and O–H groups in total. The number of pyridine rings is 1. The highest BCUT2D eigenvalue weighted by molar-refractivity contribution is 6.34. The summed E-state index contributed by atoms with van der Waals surface area (Å²) >= 11 is 0. The number of hydrogen-bond donors (Lipinski definition) is 0. The maximum Gasteiger partial charge on any atom is 0.266 e. The molecule has 2 amide bonds. The van der Waals surface area contributed by atoms with Crippen molar-refractivity contribution in [1.82, 2.24) is 4.98 Å². The average molecular weight is 350 g/mol. The van der Waals surface area contributed by atoms with Crippen molar-refractivity contribution in [2.24, 2.45) is 0 Å². The molecular weight excluding hydrogens is 336 g/mol. The van der Waals surface area contributed by atoms with Gasteiger partial charge in [-0.1, -0.05) is 42.5 Å². The molecule has 0 aliphatic carbocycles. The number of anilines is 1. The zero-order valence-corrected chi connectivity index (χ0v) is 14.3. The second kappa shape index (κ2) is 5.88. The van der Waals surface area contributed by atoms with E-state index < -0.39 is 0 Å². The number of nitrogens with zero attached hydrogens (tertiary/aromatic N) is 2. The van der Waals surface area contributed by atoms with Gasteiger partial charge in [0.2, 0.25) is 0 Å². The number of benzene rings is 3. The lowest BCUT2D eigenvalue weighted by atomic mass is 10.0. The monoisotopic (exact) mass is 350 g/mol. The first kappa shape index (κ1) is 15.5. The van der Waals surface area contributed by atoms with Crippen LogP contribution in [0.2, 0.25) is 0 Å². The molecule has 0 radical (unpaired) electrons. The number of aromatic nitrogens is 1. The molecule has 0 saturated carbocycles. The largest absolute Gasteiger partial charge is 0.268 e. The number of carbonyl (C=O) groups is 2. The van der Waals surface area contributed by atoms with E-state index in [-0.39, 0.29) is 11.8 Å². The lowest BCUT2D eigenvalue weighted by Crippen LogP contribution is -2.29. The molecule has 5 rings (SSSR count). The highest BCUT2D eigenvalue weighted by Crippen LogP contribution is 2.30.